The van der Waals surface area contributed by atoms with Gasteiger partial charge in [0.15, 0.2) is 11.5 Å². The highest BCUT2D eigenvalue weighted by molar-refractivity contribution is 6.08. The largest absolute Gasteiger partial charge is 0.493 e. The number of carbonyl (C=O) groups is 1. The van der Waals surface area contributed by atoms with E-state index in [9.17, 15) is 9.59 Å². The van der Waals surface area contributed by atoms with Gasteiger partial charge in [-0.25, -0.2) is 0 Å². The quantitative estimate of drug-likeness (QED) is 0.477. The van der Waals surface area contributed by atoms with Crippen molar-refractivity contribution >= 4 is 22.5 Å². The number of benzene rings is 1. The van der Waals surface area contributed by atoms with E-state index in [4.69, 9.17) is 14.5 Å². The number of amides is 1. The van der Waals surface area contributed by atoms with E-state index < -0.39 is 0 Å². The van der Waals surface area contributed by atoms with Crippen molar-refractivity contribution in [3.63, 3.8) is 0 Å². The number of aryl methyl sites for hydroxylation is 2. The molecule has 3 heterocycles. The van der Waals surface area contributed by atoms with E-state index in [2.05, 4.69) is 22.5 Å². The van der Waals surface area contributed by atoms with Crippen LogP contribution in [0.15, 0.2) is 29.1 Å². The molecule has 2 aromatic heterocycles. The van der Waals surface area contributed by atoms with Crippen LogP contribution in [0.25, 0.3) is 10.9 Å². The number of hydrogen-bond donors (Lipinski definition) is 2. The van der Waals surface area contributed by atoms with Crippen LogP contribution in [-0.2, 0) is 7.05 Å². The van der Waals surface area contributed by atoms with Gasteiger partial charge in [0.05, 0.1) is 37.2 Å². The molecule has 2 atom stereocenters. The monoisotopic (exact) mass is 533 g/mol. The Morgan fingerprint density at radius 3 is 2.56 bits per heavy atom. The molecular formula is C30H39N5O4. The zero-order valence-electron chi connectivity index (χ0n) is 23.8. The molecule has 2 aliphatic rings. The summed E-state index contributed by atoms with van der Waals surface area (Å²) >= 11 is 0. The van der Waals surface area contributed by atoms with Crippen molar-refractivity contribution in [2.75, 3.05) is 38.8 Å². The highest BCUT2D eigenvalue weighted by Crippen LogP contribution is 2.43. The number of rotatable bonds is 7. The fourth-order valence-electron chi connectivity index (χ4n) is 5.61. The fraction of sp³-hybridized carbons (Fsp3) is 0.500. The van der Waals surface area contributed by atoms with Gasteiger partial charge < -0.3 is 29.6 Å². The average molecular weight is 534 g/mol. The number of ether oxygens (including phenoxy) is 2. The summed E-state index contributed by atoms with van der Waals surface area (Å²) in [5.74, 6) is 1.17. The van der Waals surface area contributed by atoms with Crippen molar-refractivity contribution in [1.82, 2.24) is 20.2 Å². The van der Waals surface area contributed by atoms with Gasteiger partial charge in [0, 0.05) is 49.7 Å². The third-order valence-electron chi connectivity index (χ3n) is 7.96. The number of aromatic nitrogens is 2. The van der Waals surface area contributed by atoms with Gasteiger partial charge in [-0.05, 0) is 63.8 Å². The highest BCUT2D eigenvalue weighted by atomic mass is 16.5. The minimum Gasteiger partial charge on any atom is -0.493 e. The molecule has 1 amide bonds. The van der Waals surface area contributed by atoms with Gasteiger partial charge in [-0.3, -0.25) is 14.6 Å². The lowest BCUT2D eigenvalue weighted by Gasteiger charge is -2.28. The van der Waals surface area contributed by atoms with Gasteiger partial charge in [-0.2, -0.15) is 0 Å². The molecule has 3 aromatic rings. The first-order chi connectivity index (χ1) is 18.7. The number of carbonyl (C=O) groups excluding carboxylic acids is 1. The zero-order chi connectivity index (χ0) is 27.8. The van der Waals surface area contributed by atoms with Crippen LogP contribution >= 0.6 is 0 Å². The van der Waals surface area contributed by atoms with Crippen molar-refractivity contribution in [3.05, 3.63) is 57.1 Å². The predicted octanol–water partition coefficient (Wildman–Crippen LogP) is 3.82. The van der Waals surface area contributed by atoms with Gasteiger partial charge in [0.2, 0.25) is 0 Å². The molecule has 1 aliphatic heterocycles. The third kappa shape index (κ3) is 5.20. The molecule has 0 unspecified atom stereocenters. The Morgan fingerprint density at radius 2 is 1.87 bits per heavy atom. The third-order valence-corrected chi connectivity index (χ3v) is 7.96. The number of fused-ring (bicyclic) bond motifs is 1. The maximum absolute atomic E-state index is 14.0. The first-order valence-electron chi connectivity index (χ1n) is 13.8. The average Bonchev–Trinajstić information content (AvgIpc) is 3.78. The number of anilines is 1. The van der Waals surface area contributed by atoms with Crippen LogP contribution in [0.5, 0.6) is 11.5 Å². The van der Waals surface area contributed by atoms with Crippen LogP contribution in [0.2, 0.25) is 0 Å². The number of nitrogens with one attached hydrogen (secondary N) is 2. The van der Waals surface area contributed by atoms with Crippen LogP contribution < -0.4 is 30.6 Å². The Bertz CT molecular complexity index is 1460. The highest BCUT2D eigenvalue weighted by Gasteiger charge is 2.33. The standard InChI is InChI=1S/C30H39N5O4/c1-17-11-13-35(14-12-31-17)27-22-15-18(2)32-26(20-7-8-20)28(22)34(4)30(37)25(27)29(36)33-19(3)21-9-10-23(38-5)24(16-21)39-6/h9-10,15-17,19-20,31H,7-8,11-14H2,1-6H3,(H,33,36)/t17-,19-/m0/s1. The van der Waals surface area contributed by atoms with E-state index in [0.29, 0.717) is 35.7 Å². The summed E-state index contributed by atoms with van der Waals surface area (Å²) in [7, 11) is 4.93. The van der Waals surface area contributed by atoms with E-state index in [-0.39, 0.29) is 23.1 Å². The normalized spacial score (nSPS) is 18.5. The molecule has 208 valence electrons. The second kappa shape index (κ2) is 10.9. The molecule has 9 nitrogen and oxygen atoms in total. The van der Waals surface area contributed by atoms with Crippen LogP contribution in [0.4, 0.5) is 5.69 Å². The Hall–Kier alpha value is -3.59. The fourth-order valence-corrected chi connectivity index (χ4v) is 5.61. The topological polar surface area (TPSA) is 97.7 Å². The molecule has 39 heavy (non-hydrogen) atoms. The first-order valence-corrected chi connectivity index (χ1v) is 13.8. The molecule has 1 saturated heterocycles. The lowest BCUT2D eigenvalue weighted by atomic mass is 10.0. The Kier molecular flexibility index (Phi) is 7.53. The number of nitrogens with zero attached hydrogens (tertiary/aromatic N) is 3. The summed E-state index contributed by atoms with van der Waals surface area (Å²) in [6, 6.07) is 7.59. The summed E-state index contributed by atoms with van der Waals surface area (Å²) in [4.78, 5) is 35.1. The second-order valence-electron chi connectivity index (χ2n) is 10.8. The summed E-state index contributed by atoms with van der Waals surface area (Å²) < 4.78 is 12.4. The first kappa shape index (κ1) is 27.0. The second-order valence-corrected chi connectivity index (χ2v) is 10.8. The Labute approximate surface area is 229 Å². The number of hydrogen-bond acceptors (Lipinski definition) is 7. The van der Waals surface area contributed by atoms with Gasteiger partial charge in [0.25, 0.3) is 11.5 Å². The summed E-state index contributed by atoms with van der Waals surface area (Å²) in [6.45, 7) is 8.30. The number of pyridine rings is 2. The maximum atomic E-state index is 14.0. The molecule has 1 saturated carbocycles. The zero-order valence-corrected chi connectivity index (χ0v) is 23.8. The Morgan fingerprint density at radius 1 is 1.13 bits per heavy atom. The van der Waals surface area contributed by atoms with E-state index in [1.165, 1.54) is 0 Å². The van der Waals surface area contributed by atoms with Crippen molar-refractivity contribution in [2.45, 2.75) is 58.0 Å². The van der Waals surface area contributed by atoms with Crippen molar-refractivity contribution in [2.24, 2.45) is 7.05 Å². The molecule has 9 heteroatoms. The minimum absolute atomic E-state index is 0.180. The molecule has 5 rings (SSSR count). The summed E-state index contributed by atoms with van der Waals surface area (Å²) in [6.07, 6.45) is 3.07. The van der Waals surface area contributed by atoms with E-state index in [1.54, 1.807) is 25.8 Å². The SMILES string of the molecule is COc1ccc([C@H](C)NC(=O)c2c(N3CCN[C@@H](C)CC3)c3cc(C)nc(C4CC4)c3n(C)c2=O)cc1OC. The van der Waals surface area contributed by atoms with E-state index in [1.807, 2.05) is 38.1 Å². The van der Waals surface area contributed by atoms with Gasteiger partial charge in [-0.15, -0.1) is 0 Å². The molecule has 0 radical (unpaired) electrons. The van der Waals surface area contributed by atoms with Crippen molar-refractivity contribution in [1.29, 1.82) is 0 Å². The van der Waals surface area contributed by atoms with Crippen LogP contribution in [-0.4, -0.2) is 55.4 Å². The molecule has 2 fully saturated rings. The summed E-state index contributed by atoms with van der Waals surface area (Å²) in [5, 5.41) is 7.55. The van der Waals surface area contributed by atoms with Crippen LogP contribution in [0.3, 0.4) is 0 Å². The lowest BCUT2D eigenvalue weighted by Crippen LogP contribution is -2.39. The van der Waals surface area contributed by atoms with Gasteiger partial charge >= 0.3 is 0 Å². The van der Waals surface area contributed by atoms with Crippen molar-refractivity contribution < 1.29 is 14.3 Å². The molecule has 0 spiro atoms. The van der Waals surface area contributed by atoms with Gasteiger partial charge in [-0.1, -0.05) is 6.07 Å². The Balaban J connectivity index is 1.63. The minimum atomic E-state index is -0.387. The molecule has 1 aromatic carbocycles. The van der Waals surface area contributed by atoms with E-state index in [0.717, 1.165) is 60.2 Å². The van der Waals surface area contributed by atoms with Gasteiger partial charge in [0.1, 0.15) is 5.56 Å². The predicted molar refractivity (Wildman–Crippen MR) is 153 cm³/mol. The van der Waals surface area contributed by atoms with Crippen molar-refractivity contribution in [3.8, 4) is 11.5 Å². The molecular weight excluding hydrogens is 494 g/mol. The van der Waals surface area contributed by atoms with E-state index >= 15 is 0 Å². The molecule has 1 aliphatic carbocycles. The maximum Gasteiger partial charge on any atom is 0.265 e. The smallest absolute Gasteiger partial charge is 0.265 e. The lowest BCUT2D eigenvalue weighted by molar-refractivity contribution is 0.0938. The molecule has 2 N–H and O–H groups in total. The molecule has 0 bridgehead atoms. The van der Waals surface area contributed by atoms with Crippen LogP contribution in [0.1, 0.15) is 72.4 Å². The summed E-state index contributed by atoms with van der Waals surface area (Å²) in [5.41, 5.74) is 4.16. The number of methoxy groups -OCH3 is 2. The van der Waals surface area contributed by atoms with Crippen LogP contribution in [0, 0.1) is 6.92 Å².